The van der Waals surface area contributed by atoms with Crippen LogP contribution in [0.2, 0.25) is 0 Å². The van der Waals surface area contributed by atoms with Crippen LogP contribution in [0, 0.1) is 0 Å². The normalized spacial score (nSPS) is 11.3. The highest BCUT2D eigenvalue weighted by atomic mass is 19.4. The molecule has 0 spiro atoms. The van der Waals surface area contributed by atoms with E-state index in [1.165, 1.54) is 12.1 Å². The van der Waals surface area contributed by atoms with Crippen LogP contribution in [0.4, 0.5) is 23.7 Å². The van der Waals surface area contributed by atoms with Gasteiger partial charge in [-0.3, -0.25) is 0 Å². The summed E-state index contributed by atoms with van der Waals surface area (Å²) < 4.78 is 38.1. The number of hydrogen-bond acceptors (Lipinski definition) is 1. The van der Waals surface area contributed by atoms with E-state index in [1.54, 1.807) is 6.07 Å². The first-order valence-electron chi connectivity index (χ1n) is 7.62. The summed E-state index contributed by atoms with van der Waals surface area (Å²) in [5.74, 6) is 0. The van der Waals surface area contributed by atoms with Gasteiger partial charge in [0.05, 0.1) is 11.3 Å². The SMILES string of the molecule is O=C(NCc1cccc(C(F)(F)F)c1)Nc1cccc2ccccc12. The molecule has 0 bridgehead atoms. The lowest BCUT2D eigenvalue weighted by atomic mass is 10.1. The Morgan fingerprint density at radius 3 is 2.44 bits per heavy atom. The number of carbonyl (C=O) groups excluding carboxylic acids is 1. The Hall–Kier alpha value is -3.02. The van der Waals surface area contributed by atoms with Gasteiger partial charge in [-0.25, -0.2) is 4.79 Å². The van der Waals surface area contributed by atoms with Gasteiger partial charge in [0.1, 0.15) is 0 Å². The van der Waals surface area contributed by atoms with E-state index in [0.29, 0.717) is 11.3 Å². The number of rotatable bonds is 3. The Bertz CT molecular complexity index is 901. The van der Waals surface area contributed by atoms with Gasteiger partial charge in [-0.2, -0.15) is 13.2 Å². The second-order valence-corrected chi connectivity index (χ2v) is 5.53. The molecule has 0 fully saturated rings. The van der Waals surface area contributed by atoms with E-state index in [-0.39, 0.29) is 6.54 Å². The Balaban J connectivity index is 1.67. The predicted octanol–water partition coefficient (Wildman–Crippen LogP) is 5.18. The maximum atomic E-state index is 12.7. The number of carbonyl (C=O) groups is 1. The van der Waals surface area contributed by atoms with Crippen LogP contribution in [0.25, 0.3) is 10.8 Å². The lowest BCUT2D eigenvalue weighted by Crippen LogP contribution is -2.28. The van der Waals surface area contributed by atoms with Crippen molar-refractivity contribution in [2.24, 2.45) is 0 Å². The molecule has 0 radical (unpaired) electrons. The third kappa shape index (κ3) is 4.09. The van der Waals surface area contributed by atoms with Crippen LogP contribution >= 0.6 is 0 Å². The molecular weight excluding hydrogens is 329 g/mol. The van der Waals surface area contributed by atoms with E-state index in [9.17, 15) is 18.0 Å². The number of fused-ring (bicyclic) bond motifs is 1. The van der Waals surface area contributed by atoms with E-state index < -0.39 is 17.8 Å². The molecular formula is C19H15F3N2O. The average molecular weight is 344 g/mol. The fourth-order valence-electron chi connectivity index (χ4n) is 2.54. The quantitative estimate of drug-likeness (QED) is 0.675. The molecule has 0 saturated heterocycles. The van der Waals surface area contributed by atoms with Crippen molar-refractivity contribution in [3.63, 3.8) is 0 Å². The summed E-state index contributed by atoms with van der Waals surface area (Å²) in [6, 6.07) is 17.5. The monoisotopic (exact) mass is 344 g/mol. The molecule has 0 aliphatic carbocycles. The van der Waals surface area contributed by atoms with Crippen LogP contribution in [-0.2, 0) is 12.7 Å². The van der Waals surface area contributed by atoms with Crippen LogP contribution in [0.1, 0.15) is 11.1 Å². The van der Waals surface area contributed by atoms with Gasteiger partial charge >= 0.3 is 12.2 Å². The van der Waals surface area contributed by atoms with E-state index in [4.69, 9.17) is 0 Å². The minimum atomic E-state index is -4.40. The van der Waals surface area contributed by atoms with Crippen molar-refractivity contribution in [3.8, 4) is 0 Å². The molecule has 0 atom stereocenters. The third-order valence-corrected chi connectivity index (χ3v) is 3.75. The van der Waals surface area contributed by atoms with Gasteiger partial charge in [-0.1, -0.05) is 48.5 Å². The van der Waals surface area contributed by atoms with Crippen molar-refractivity contribution in [2.75, 3.05) is 5.32 Å². The average Bonchev–Trinajstić information content (AvgIpc) is 2.60. The fraction of sp³-hybridized carbons (Fsp3) is 0.105. The predicted molar refractivity (Wildman–Crippen MR) is 91.3 cm³/mol. The first kappa shape index (κ1) is 16.8. The molecule has 2 N–H and O–H groups in total. The van der Waals surface area contributed by atoms with Crippen molar-refractivity contribution in [2.45, 2.75) is 12.7 Å². The number of alkyl halides is 3. The summed E-state index contributed by atoms with van der Waals surface area (Å²) in [5.41, 5.74) is 0.281. The first-order chi connectivity index (χ1) is 11.9. The van der Waals surface area contributed by atoms with Crippen molar-refractivity contribution >= 4 is 22.5 Å². The molecule has 0 saturated carbocycles. The lowest BCUT2D eigenvalue weighted by molar-refractivity contribution is -0.137. The van der Waals surface area contributed by atoms with Crippen LogP contribution in [0.15, 0.2) is 66.7 Å². The molecule has 0 aromatic heterocycles. The molecule has 0 unspecified atom stereocenters. The zero-order valence-electron chi connectivity index (χ0n) is 13.1. The third-order valence-electron chi connectivity index (χ3n) is 3.75. The minimum Gasteiger partial charge on any atom is -0.334 e. The minimum absolute atomic E-state index is 0.000515. The Labute approximate surface area is 142 Å². The van der Waals surface area contributed by atoms with E-state index >= 15 is 0 Å². The summed E-state index contributed by atoms with van der Waals surface area (Å²) >= 11 is 0. The van der Waals surface area contributed by atoms with Gasteiger partial charge in [0.25, 0.3) is 0 Å². The molecule has 3 rings (SSSR count). The Morgan fingerprint density at radius 2 is 1.64 bits per heavy atom. The van der Waals surface area contributed by atoms with Crippen molar-refractivity contribution in [1.29, 1.82) is 0 Å². The molecule has 3 aromatic rings. The van der Waals surface area contributed by atoms with Crippen LogP contribution in [-0.4, -0.2) is 6.03 Å². The second-order valence-electron chi connectivity index (χ2n) is 5.53. The summed E-state index contributed by atoms with van der Waals surface area (Å²) in [6.45, 7) is 0.000515. The fourth-order valence-corrected chi connectivity index (χ4v) is 2.54. The highest BCUT2D eigenvalue weighted by Crippen LogP contribution is 2.29. The van der Waals surface area contributed by atoms with Gasteiger partial charge in [-0.05, 0) is 29.1 Å². The maximum Gasteiger partial charge on any atom is 0.416 e. The molecule has 3 nitrogen and oxygen atoms in total. The summed E-state index contributed by atoms with van der Waals surface area (Å²) in [6.07, 6.45) is -4.40. The van der Waals surface area contributed by atoms with Crippen LogP contribution in [0.3, 0.4) is 0 Å². The number of benzene rings is 3. The largest absolute Gasteiger partial charge is 0.416 e. The van der Waals surface area contributed by atoms with Crippen molar-refractivity contribution in [3.05, 3.63) is 77.9 Å². The molecule has 0 heterocycles. The molecule has 2 amide bonds. The van der Waals surface area contributed by atoms with E-state index in [0.717, 1.165) is 22.9 Å². The Morgan fingerprint density at radius 1 is 0.920 bits per heavy atom. The number of nitrogens with one attached hydrogen (secondary N) is 2. The topological polar surface area (TPSA) is 41.1 Å². The zero-order chi connectivity index (χ0) is 17.9. The molecule has 0 aliphatic heterocycles. The highest BCUT2D eigenvalue weighted by Gasteiger charge is 2.30. The standard InChI is InChI=1S/C19H15F3N2O/c20-19(21,22)15-8-3-5-13(11-15)12-23-18(25)24-17-10-4-7-14-6-1-2-9-16(14)17/h1-11H,12H2,(H2,23,24,25). The van der Waals surface area contributed by atoms with Gasteiger partial charge in [0.15, 0.2) is 0 Å². The molecule has 3 aromatic carbocycles. The van der Waals surface area contributed by atoms with Crippen molar-refractivity contribution in [1.82, 2.24) is 5.32 Å². The Kier molecular flexibility index (Phi) is 4.61. The summed E-state index contributed by atoms with van der Waals surface area (Å²) in [7, 11) is 0. The zero-order valence-corrected chi connectivity index (χ0v) is 13.1. The molecule has 128 valence electrons. The maximum absolute atomic E-state index is 12.7. The smallest absolute Gasteiger partial charge is 0.334 e. The number of halogens is 3. The number of amides is 2. The summed E-state index contributed by atoms with van der Waals surface area (Å²) in [4.78, 5) is 12.1. The molecule has 0 aliphatic rings. The number of anilines is 1. The number of hydrogen-bond donors (Lipinski definition) is 2. The van der Waals surface area contributed by atoms with Crippen molar-refractivity contribution < 1.29 is 18.0 Å². The highest BCUT2D eigenvalue weighted by molar-refractivity contribution is 6.01. The van der Waals surface area contributed by atoms with Gasteiger partial charge in [0, 0.05) is 11.9 Å². The summed E-state index contributed by atoms with van der Waals surface area (Å²) in [5, 5.41) is 7.17. The number of urea groups is 1. The van der Waals surface area contributed by atoms with Gasteiger partial charge in [0.2, 0.25) is 0 Å². The second kappa shape index (κ2) is 6.84. The molecule has 25 heavy (non-hydrogen) atoms. The van der Waals surface area contributed by atoms with E-state index in [1.807, 2.05) is 36.4 Å². The van der Waals surface area contributed by atoms with Crippen LogP contribution < -0.4 is 10.6 Å². The lowest BCUT2D eigenvalue weighted by Gasteiger charge is -2.11. The first-order valence-corrected chi connectivity index (χ1v) is 7.62. The van der Waals surface area contributed by atoms with Gasteiger partial charge in [-0.15, -0.1) is 0 Å². The van der Waals surface area contributed by atoms with Crippen LogP contribution in [0.5, 0.6) is 0 Å². The van der Waals surface area contributed by atoms with E-state index in [2.05, 4.69) is 10.6 Å². The van der Waals surface area contributed by atoms with Gasteiger partial charge < -0.3 is 10.6 Å². The molecule has 6 heteroatoms.